The summed E-state index contributed by atoms with van der Waals surface area (Å²) in [5.41, 5.74) is 1.26. The predicted octanol–water partition coefficient (Wildman–Crippen LogP) is 4.49. The Kier molecular flexibility index (Phi) is 5.39. The number of rotatable bonds is 6. The summed E-state index contributed by atoms with van der Waals surface area (Å²) in [5, 5.41) is 0. The van der Waals surface area contributed by atoms with Crippen molar-refractivity contribution in [3.05, 3.63) is 22.7 Å². The van der Waals surface area contributed by atoms with E-state index in [0.29, 0.717) is 0 Å². The second kappa shape index (κ2) is 6.33. The highest BCUT2D eigenvalue weighted by molar-refractivity contribution is 9.10. The second-order valence-electron chi connectivity index (χ2n) is 4.57. The molecule has 0 bridgehead atoms. The first kappa shape index (κ1) is 13.6. The molecule has 0 N–H and O–H groups in total. The Morgan fingerprint density at radius 3 is 2.44 bits per heavy atom. The maximum atomic E-state index is 4.49. The highest BCUT2D eigenvalue weighted by Gasteiger charge is 2.28. The summed E-state index contributed by atoms with van der Waals surface area (Å²) >= 11 is 3.51. The lowest BCUT2D eigenvalue weighted by molar-refractivity contribution is 0.384. The molecule has 0 aromatic carbocycles. The van der Waals surface area contributed by atoms with Gasteiger partial charge in [0, 0.05) is 17.8 Å². The van der Waals surface area contributed by atoms with Crippen molar-refractivity contribution in [1.29, 1.82) is 0 Å². The van der Waals surface area contributed by atoms with E-state index in [2.05, 4.69) is 46.7 Å². The molecule has 0 aliphatic carbocycles. The molecule has 0 fully saturated rings. The first-order valence-electron chi connectivity index (χ1n) is 6.11. The van der Waals surface area contributed by atoms with E-state index in [1.54, 1.807) is 12.4 Å². The zero-order valence-electron chi connectivity index (χ0n) is 10.5. The molecule has 0 spiro atoms. The van der Waals surface area contributed by atoms with Gasteiger partial charge in [0.15, 0.2) is 0 Å². The Morgan fingerprint density at radius 1 is 1.19 bits per heavy atom. The van der Waals surface area contributed by atoms with Gasteiger partial charge in [-0.25, -0.2) is 4.98 Å². The van der Waals surface area contributed by atoms with Gasteiger partial charge in [0.1, 0.15) is 4.60 Å². The molecule has 90 valence electrons. The molecular weight excluding hydrogens is 264 g/mol. The third kappa shape index (κ3) is 3.27. The van der Waals surface area contributed by atoms with Crippen molar-refractivity contribution in [2.24, 2.45) is 0 Å². The van der Waals surface area contributed by atoms with Gasteiger partial charge in [0.2, 0.25) is 0 Å². The van der Waals surface area contributed by atoms with Crippen LogP contribution in [0, 0.1) is 0 Å². The molecule has 0 aliphatic rings. The van der Waals surface area contributed by atoms with Crippen LogP contribution in [0.3, 0.4) is 0 Å². The molecule has 0 radical (unpaired) electrons. The summed E-state index contributed by atoms with van der Waals surface area (Å²) in [4.78, 5) is 8.77. The van der Waals surface area contributed by atoms with Gasteiger partial charge in [-0.05, 0) is 28.8 Å². The van der Waals surface area contributed by atoms with E-state index in [1.807, 2.05) is 0 Å². The average molecular weight is 285 g/mol. The first-order valence-corrected chi connectivity index (χ1v) is 6.90. The number of nitrogens with zero attached hydrogens (tertiary/aromatic N) is 2. The monoisotopic (exact) mass is 284 g/mol. The number of unbranched alkanes of at least 4 members (excludes halogenated alkanes) is 2. The summed E-state index contributed by atoms with van der Waals surface area (Å²) in [7, 11) is 0. The van der Waals surface area contributed by atoms with Crippen molar-refractivity contribution < 1.29 is 0 Å². The summed E-state index contributed by atoms with van der Waals surface area (Å²) in [6.07, 6.45) is 9.64. The second-order valence-corrected chi connectivity index (χ2v) is 5.32. The molecule has 0 saturated carbocycles. The van der Waals surface area contributed by atoms with E-state index in [4.69, 9.17) is 0 Å². The molecule has 1 heterocycles. The van der Waals surface area contributed by atoms with Crippen LogP contribution in [0.1, 0.15) is 58.6 Å². The summed E-state index contributed by atoms with van der Waals surface area (Å²) in [6, 6.07) is 0. The molecule has 1 unspecified atom stereocenters. The molecule has 1 atom stereocenters. The van der Waals surface area contributed by atoms with Crippen LogP contribution in [0.25, 0.3) is 0 Å². The van der Waals surface area contributed by atoms with E-state index in [1.165, 1.54) is 25.7 Å². The molecule has 1 aromatic heterocycles. The zero-order chi connectivity index (χ0) is 12.0. The fourth-order valence-corrected chi connectivity index (χ4v) is 2.65. The van der Waals surface area contributed by atoms with Crippen LogP contribution in [-0.2, 0) is 5.41 Å². The standard InChI is InChI=1S/C13H21BrN2/c1-4-6-7-8-13(3,5-2)11-12(14)16-10-9-15-11/h9-10H,4-8H2,1-3H3. The van der Waals surface area contributed by atoms with E-state index in [0.717, 1.165) is 16.7 Å². The van der Waals surface area contributed by atoms with Crippen molar-refractivity contribution in [3.63, 3.8) is 0 Å². The number of hydrogen-bond donors (Lipinski definition) is 0. The van der Waals surface area contributed by atoms with Crippen LogP contribution in [0.15, 0.2) is 17.0 Å². The van der Waals surface area contributed by atoms with Crippen molar-refractivity contribution >= 4 is 15.9 Å². The fraction of sp³-hybridized carbons (Fsp3) is 0.692. The predicted molar refractivity (Wildman–Crippen MR) is 71.5 cm³/mol. The lowest BCUT2D eigenvalue weighted by atomic mass is 9.79. The highest BCUT2D eigenvalue weighted by atomic mass is 79.9. The number of aromatic nitrogens is 2. The Labute approximate surface area is 107 Å². The smallest absolute Gasteiger partial charge is 0.128 e. The minimum Gasteiger partial charge on any atom is -0.256 e. The Hall–Kier alpha value is -0.440. The molecule has 16 heavy (non-hydrogen) atoms. The van der Waals surface area contributed by atoms with Gasteiger partial charge in [-0.3, -0.25) is 4.98 Å². The van der Waals surface area contributed by atoms with E-state index >= 15 is 0 Å². The van der Waals surface area contributed by atoms with E-state index in [-0.39, 0.29) is 5.41 Å². The normalized spacial score (nSPS) is 14.8. The van der Waals surface area contributed by atoms with Crippen molar-refractivity contribution in [2.75, 3.05) is 0 Å². The quantitative estimate of drug-likeness (QED) is 0.720. The molecule has 3 heteroatoms. The topological polar surface area (TPSA) is 25.8 Å². The van der Waals surface area contributed by atoms with Gasteiger partial charge in [-0.15, -0.1) is 0 Å². The summed E-state index contributed by atoms with van der Waals surface area (Å²) in [5.74, 6) is 0. The lowest BCUT2D eigenvalue weighted by Crippen LogP contribution is -2.23. The van der Waals surface area contributed by atoms with Crippen LogP contribution in [0.4, 0.5) is 0 Å². The van der Waals surface area contributed by atoms with Crippen LogP contribution in [0.5, 0.6) is 0 Å². The van der Waals surface area contributed by atoms with Crippen LogP contribution >= 0.6 is 15.9 Å². The average Bonchev–Trinajstić information content (AvgIpc) is 2.30. The molecular formula is C13H21BrN2. The van der Waals surface area contributed by atoms with Crippen molar-refractivity contribution in [1.82, 2.24) is 9.97 Å². The Morgan fingerprint density at radius 2 is 1.88 bits per heavy atom. The zero-order valence-corrected chi connectivity index (χ0v) is 12.0. The van der Waals surface area contributed by atoms with Crippen LogP contribution in [-0.4, -0.2) is 9.97 Å². The van der Waals surface area contributed by atoms with Crippen molar-refractivity contribution in [2.45, 2.75) is 58.3 Å². The maximum Gasteiger partial charge on any atom is 0.128 e. The molecule has 0 aliphatic heterocycles. The van der Waals surface area contributed by atoms with Gasteiger partial charge in [-0.2, -0.15) is 0 Å². The number of halogens is 1. The first-order chi connectivity index (χ1) is 7.64. The van der Waals surface area contributed by atoms with Crippen LogP contribution < -0.4 is 0 Å². The van der Waals surface area contributed by atoms with E-state index < -0.39 is 0 Å². The highest BCUT2D eigenvalue weighted by Crippen LogP contribution is 2.34. The van der Waals surface area contributed by atoms with Crippen molar-refractivity contribution in [3.8, 4) is 0 Å². The third-order valence-corrected chi connectivity index (χ3v) is 3.92. The Balaban J connectivity index is 2.83. The summed E-state index contributed by atoms with van der Waals surface area (Å²) in [6.45, 7) is 6.76. The molecule has 0 saturated heterocycles. The SMILES string of the molecule is CCCCCC(C)(CC)c1nccnc1Br. The summed E-state index contributed by atoms with van der Waals surface area (Å²) < 4.78 is 0.899. The fourth-order valence-electron chi connectivity index (χ4n) is 1.95. The molecule has 1 rings (SSSR count). The third-order valence-electron chi connectivity index (χ3n) is 3.34. The minimum atomic E-state index is 0.155. The Bertz CT molecular complexity index is 327. The van der Waals surface area contributed by atoms with Crippen LogP contribution in [0.2, 0.25) is 0 Å². The van der Waals surface area contributed by atoms with Gasteiger partial charge >= 0.3 is 0 Å². The minimum absolute atomic E-state index is 0.155. The molecule has 2 nitrogen and oxygen atoms in total. The maximum absolute atomic E-state index is 4.49. The molecule has 0 amide bonds. The van der Waals surface area contributed by atoms with Gasteiger partial charge in [-0.1, -0.05) is 40.0 Å². The lowest BCUT2D eigenvalue weighted by Gasteiger charge is -2.28. The number of hydrogen-bond acceptors (Lipinski definition) is 2. The molecule has 1 aromatic rings. The van der Waals surface area contributed by atoms with Gasteiger partial charge < -0.3 is 0 Å². The van der Waals surface area contributed by atoms with Gasteiger partial charge in [0.25, 0.3) is 0 Å². The van der Waals surface area contributed by atoms with E-state index in [9.17, 15) is 0 Å². The largest absolute Gasteiger partial charge is 0.256 e. The van der Waals surface area contributed by atoms with Gasteiger partial charge in [0.05, 0.1) is 5.69 Å².